The summed E-state index contributed by atoms with van der Waals surface area (Å²) in [4.78, 5) is 19.8. The van der Waals surface area contributed by atoms with Gasteiger partial charge in [0.05, 0.1) is 31.3 Å². The number of hydrogen-bond acceptors (Lipinski definition) is 5. The van der Waals surface area contributed by atoms with Crippen LogP contribution in [-0.2, 0) is 11.2 Å². The van der Waals surface area contributed by atoms with Crippen LogP contribution in [0, 0.1) is 5.82 Å². The molecule has 6 nitrogen and oxygen atoms in total. The van der Waals surface area contributed by atoms with Crippen molar-refractivity contribution in [3.63, 3.8) is 0 Å². The highest BCUT2D eigenvalue weighted by Gasteiger charge is 2.18. The second-order valence-corrected chi connectivity index (χ2v) is 9.82. The Morgan fingerprint density at radius 2 is 1.95 bits per heavy atom. The van der Waals surface area contributed by atoms with E-state index >= 15 is 0 Å². The topological polar surface area (TPSA) is 63.7 Å². The predicted molar refractivity (Wildman–Crippen MR) is 141 cm³/mol. The van der Waals surface area contributed by atoms with Gasteiger partial charge in [0.15, 0.2) is 11.6 Å². The first-order valence-corrected chi connectivity index (χ1v) is 12.9. The minimum atomic E-state index is -0.661. The molecule has 1 aliphatic heterocycles. The van der Waals surface area contributed by atoms with E-state index in [1.807, 2.05) is 38.1 Å². The molecule has 4 rings (SSSR count). The molecule has 2 heterocycles. The van der Waals surface area contributed by atoms with Gasteiger partial charge in [0, 0.05) is 36.6 Å². The van der Waals surface area contributed by atoms with Gasteiger partial charge in [-0.2, -0.15) is 0 Å². The van der Waals surface area contributed by atoms with Crippen molar-refractivity contribution < 1.29 is 23.0 Å². The van der Waals surface area contributed by atoms with Crippen LogP contribution in [-0.4, -0.2) is 61.4 Å². The Kier molecular flexibility index (Phi) is 8.92. The number of likely N-dealkylation sites (tertiary alicyclic amines) is 1. The Labute approximate surface area is 217 Å². The lowest BCUT2D eigenvalue weighted by molar-refractivity contribution is -0.120. The first kappa shape index (κ1) is 26.8. The van der Waals surface area contributed by atoms with E-state index in [0.29, 0.717) is 30.7 Å². The Morgan fingerprint density at radius 1 is 1.16 bits per heavy atom. The van der Waals surface area contributed by atoms with Crippen molar-refractivity contribution in [2.24, 2.45) is 0 Å². The number of rotatable bonds is 10. The maximum absolute atomic E-state index is 14.0. The molecule has 0 bridgehead atoms. The SMILES string of the molecule is COc1cc(-c2nc3ccc(OCCCN4CCC(F)CC4)cc3cc2CC(=O)NC(C)C)ccc1F. The van der Waals surface area contributed by atoms with Crippen LogP contribution >= 0.6 is 0 Å². The number of nitrogens with one attached hydrogen (secondary N) is 1. The molecule has 1 N–H and O–H groups in total. The van der Waals surface area contributed by atoms with Gasteiger partial charge in [-0.15, -0.1) is 0 Å². The molecule has 1 amide bonds. The molecule has 2 aromatic carbocycles. The summed E-state index contributed by atoms with van der Waals surface area (Å²) in [6.45, 7) is 6.88. The lowest BCUT2D eigenvalue weighted by atomic mass is 10.00. The first-order chi connectivity index (χ1) is 17.8. The van der Waals surface area contributed by atoms with Crippen LogP contribution in [0.3, 0.4) is 0 Å². The molecule has 1 fully saturated rings. The molecule has 0 radical (unpaired) electrons. The maximum Gasteiger partial charge on any atom is 0.224 e. The second kappa shape index (κ2) is 12.3. The fourth-order valence-corrected chi connectivity index (χ4v) is 4.63. The molecule has 3 aromatic rings. The summed E-state index contributed by atoms with van der Waals surface area (Å²) in [7, 11) is 1.42. The number of benzene rings is 2. The third kappa shape index (κ3) is 7.16. The van der Waals surface area contributed by atoms with Gasteiger partial charge < -0.3 is 19.7 Å². The molecule has 0 spiro atoms. The molecule has 0 saturated carbocycles. The van der Waals surface area contributed by atoms with Crippen molar-refractivity contribution in [3.8, 4) is 22.8 Å². The Balaban J connectivity index is 1.54. The molecule has 0 unspecified atom stereocenters. The molecule has 1 aliphatic rings. The summed E-state index contributed by atoms with van der Waals surface area (Å²) in [6.07, 6.45) is 1.56. The number of hydrogen-bond donors (Lipinski definition) is 1. The van der Waals surface area contributed by atoms with E-state index in [0.717, 1.165) is 48.3 Å². The summed E-state index contributed by atoms with van der Waals surface area (Å²) < 4.78 is 38.5. The highest BCUT2D eigenvalue weighted by atomic mass is 19.1. The van der Waals surface area contributed by atoms with Gasteiger partial charge in [-0.05, 0) is 81.1 Å². The highest BCUT2D eigenvalue weighted by Crippen LogP contribution is 2.31. The molecule has 1 saturated heterocycles. The number of aromatic nitrogens is 1. The van der Waals surface area contributed by atoms with Gasteiger partial charge >= 0.3 is 0 Å². The Bertz CT molecular complexity index is 1230. The molecule has 198 valence electrons. The third-order valence-electron chi connectivity index (χ3n) is 6.49. The number of piperidine rings is 1. The monoisotopic (exact) mass is 511 g/mol. The number of methoxy groups -OCH3 is 1. The van der Waals surface area contributed by atoms with Gasteiger partial charge in [-0.25, -0.2) is 13.8 Å². The van der Waals surface area contributed by atoms with Crippen molar-refractivity contribution in [2.75, 3.05) is 33.4 Å². The third-order valence-corrected chi connectivity index (χ3v) is 6.49. The molecule has 0 atom stereocenters. The Hall–Kier alpha value is -3.26. The van der Waals surface area contributed by atoms with Crippen LogP contribution in [0.15, 0.2) is 42.5 Å². The number of ether oxygens (including phenoxy) is 2. The number of alkyl halides is 1. The van der Waals surface area contributed by atoms with Crippen LogP contribution in [0.4, 0.5) is 8.78 Å². The van der Waals surface area contributed by atoms with Crippen molar-refractivity contribution in [1.82, 2.24) is 15.2 Å². The molecule has 1 aromatic heterocycles. The van der Waals surface area contributed by atoms with Crippen LogP contribution in [0.5, 0.6) is 11.5 Å². The number of carbonyl (C=O) groups excluding carboxylic acids is 1. The molecular formula is C29H35F2N3O3. The van der Waals surface area contributed by atoms with Crippen molar-refractivity contribution >= 4 is 16.8 Å². The number of amides is 1. The van der Waals surface area contributed by atoms with E-state index in [4.69, 9.17) is 14.5 Å². The van der Waals surface area contributed by atoms with Crippen LogP contribution in [0.2, 0.25) is 0 Å². The normalized spacial score (nSPS) is 14.8. The van der Waals surface area contributed by atoms with Crippen molar-refractivity contribution in [3.05, 3.63) is 53.8 Å². The van der Waals surface area contributed by atoms with Crippen molar-refractivity contribution in [2.45, 2.75) is 51.7 Å². The van der Waals surface area contributed by atoms with Gasteiger partial charge in [-0.1, -0.05) is 0 Å². The van der Waals surface area contributed by atoms with E-state index in [-0.39, 0.29) is 24.1 Å². The second-order valence-electron chi connectivity index (χ2n) is 9.82. The zero-order valence-corrected chi connectivity index (χ0v) is 21.7. The van der Waals surface area contributed by atoms with E-state index in [9.17, 15) is 13.6 Å². The minimum Gasteiger partial charge on any atom is -0.494 e. The van der Waals surface area contributed by atoms with Gasteiger partial charge in [0.1, 0.15) is 11.9 Å². The number of pyridine rings is 1. The van der Waals surface area contributed by atoms with E-state index in [1.165, 1.54) is 13.2 Å². The zero-order chi connectivity index (χ0) is 26.4. The lowest BCUT2D eigenvalue weighted by Crippen LogP contribution is -2.35. The van der Waals surface area contributed by atoms with Crippen LogP contribution < -0.4 is 14.8 Å². The number of carbonyl (C=O) groups is 1. The predicted octanol–water partition coefficient (Wildman–Crippen LogP) is 5.32. The van der Waals surface area contributed by atoms with Gasteiger partial charge in [0.2, 0.25) is 5.91 Å². The largest absolute Gasteiger partial charge is 0.494 e. The number of fused-ring (bicyclic) bond motifs is 1. The number of halogens is 2. The number of nitrogens with zero attached hydrogens (tertiary/aromatic N) is 2. The average Bonchev–Trinajstić information content (AvgIpc) is 2.87. The smallest absolute Gasteiger partial charge is 0.224 e. The highest BCUT2D eigenvalue weighted by molar-refractivity contribution is 5.88. The summed E-state index contributed by atoms with van der Waals surface area (Å²) in [5.41, 5.74) is 2.75. The van der Waals surface area contributed by atoms with Gasteiger partial charge in [0.25, 0.3) is 0 Å². The van der Waals surface area contributed by atoms with E-state index in [2.05, 4.69) is 10.2 Å². The van der Waals surface area contributed by atoms with Crippen LogP contribution in [0.1, 0.15) is 38.7 Å². The minimum absolute atomic E-state index is 0.0126. The van der Waals surface area contributed by atoms with Gasteiger partial charge in [-0.3, -0.25) is 4.79 Å². The van der Waals surface area contributed by atoms with Crippen LogP contribution in [0.25, 0.3) is 22.2 Å². The average molecular weight is 512 g/mol. The summed E-state index contributed by atoms with van der Waals surface area (Å²) in [6, 6.07) is 12.2. The lowest BCUT2D eigenvalue weighted by Gasteiger charge is -2.28. The van der Waals surface area contributed by atoms with Crippen molar-refractivity contribution in [1.29, 1.82) is 0 Å². The summed E-state index contributed by atoms with van der Waals surface area (Å²) in [5.74, 6) is 0.274. The fraction of sp³-hybridized carbons (Fsp3) is 0.448. The summed E-state index contributed by atoms with van der Waals surface area (Å²) in [5, 5.41) is 3.78. The standard InChI is InChI=1S/C29H35F2N3O3/c1-19(2)32-28(35)18-22-15-21-16-24(37-14-4-11-34-12-9-23(30)10-13-34)6-8-26(21)33-29(22)20-5-7-25(31)27(17-20)36-3/h5-8,15-17,19,23H,4,9-14,18H2,1-3H3,(H,32,35). The van der Waals surface area contributed by atoms with E-state index < -0.39 is 12.0 Å². The first-order valence-electron chi connectivity index (χ1n) is 12.9. The molecule has 0 aliphatic carbocycles. The molecule has 8 heteroatoms. The van der Waals surface area contributed by atoms with E-state index in [1.54, 1.807) is 12.1 Å². The zero-order valence-electron chi connectivity index (χ0n) is 21.7. The maximum atomic E-state index is 14.0. The summed E-state index contributed by atoms with van der Waals surface area (Å²) >= 11 is 0. The Morgan fingerprint density at radius 3 is 2.68 bits per heavy atom. The quantitative estimate of drug-likeness (QED) is 0.374. The fourth-order valence-electron chi connectivity index (χ4n) is 4.63. The molecular weight excluding hydrogens is 476 g/mol. The molecule has 37 heavy (non-hydrogen) atoms.